The highest BCUT2D eigenvalue weighted by Crippen LogP contribution is 2.20. The number of amides is 1. The standard InChI is InChI=1S/C18H28N2O/c1-3-19-17-13-14(2)11-12-16(17)18(21)20-15-9-7-5-4-6-8-10-15/h11-13,15,19H,3-10H2,1-2H3,(H,20,21). The van der Waals surface area contributed by atoms with Crippen molar-refractivity contribution in [3.05, 3.63) is 29.3 Å². The van der Waals surface area contributed by atoms with Crippen LogP contribution < -0.4 is 10.6 Å². The lowest BCUT2D eigenvalue weighted by Crippen LogP contribution is -2.35. The Bertz CT molecular complexity index is 462. The Kier molecular flexibility index (Phi) is 6.09. The lowest BCUT2D eigenvalue weighted by atomic mass is 9.96. The molecule has 1 aliphatic carbocycles. The third kappa shape index (κ3) is 4.76. The number of carbonyl (C=O) groups excluding carboxylic acids is 1. The largest absolute Gasteiger partial charge is 0.385 e. The predicted octanol–water partition coefficient (Wildman–Crippen LogP) is 4.27. The van der Waals surface area contributed by atoms with Gasteiger partial charge in [0.1, 0.15) is 0 Å². The minimum absolute atomic E-state index is 0.0662. The van der Waals surface area contributed by atoms with Gasteiger partial charge in [0.2, 0.25) is 0 Å². The molecule has 1 aromatic rings. The second kappa shape index (κ2) is 8.06. The van der Waals surface area contributed by atoms with Gasteiger partial charge in [0.25, 0.3) is 5.91 Å². The molecule has 21 heavy (non-hydrogen) atoms. The zero-order valence-electron chi connectivity index (χ0n) is 13.4. The average molecular weight is 288 g/mol. The first-order valence-corrected chi connectivity index (χ1v) is 8.36. The third-order valence-corrected chi connectivity index (χ3v) is 4.23. The van der Waals surface area contributed by atoms with Crippen LogP contribution in [-0.2, 0) is 0 Å². The molecular formula is C18H28N2O. The van der Waals surface area contributed by atoms with Gasteiger partial charge >= 0.3 is 0 Å². The molecule has 0 aliphatic heterocycles. The fourth-order valence-corrected chi connectivity index (χ4v) is 3.06. The fraction of sp³-hybridized carbons (Fsp3) is 0.611. The molecule has 1 aliphatic rings. The number of anilines is 1. The number of hydrogen-bond donors (Lipinski definition) is 2. The molecule has 0 unspecified atom stereocenters. The molecule has 3 heteroatoms. The summed E-state index contributed by atoms with van der Waals surface area (Å²) < 4.78 is 0. The van der Waals surface area contributed by atoms with E-state index in [1.807, 2.05) is 12.1 Å². The molecule has 0 radical (unpaired) electrons. The molecule has 1 amide bonds. The number of aryl methyl sites for hydroxylation is 1. The van der Waals surface area contributed by atoms with Crippen LogP contribution in [0.4, 0.5) is 5.69 Å². The van der Waals surface area contributed by atoms with E-state index in [-0.39, 0.29) is 5.91 Å². The van der Waals surface area contributed by atoms with Crippen molar-refractivity contribution >= 4 is 11.6 Å². The van der Waals surface area contributed by atoms with Gasteiger partial charge in [-0.1, -0.05) is 38.2 Å². The van der Waals surface area contributed by atoms with E-state index in [0.29, 0.717) is 6.04 Å². The lowest BCUT2D eigenvalue weighted by molar-refractivity contribution is 0.0931. The summed E-state index contributed by atoms with van der Waals surface area (Å²) in [7, 11) is 0. The molecule has 3 nitrogen and oxygen atoms in total. The van der Waals surface area contributed by atoms with Gasteiger partial charge < -0.3 is 10.6 Å². The van der Waals surface area contributed by atoms with Crippen LogP contribution in [0.3, 0.4) is 0 Å². The van der Waals surface area contributed by atoms with E-state index in [2.05, 4.69) is 30.5 Å². The summed E-state index contributed by atoms with van der Waals surface area (Å²) in [6.45, 7) is 4.93. The van der Waals surface area contributed by atoms with E-state index in [1.54, 1.807) is 0 Å². The number of nitrogens with one attached hydrogen (secondary N) is 2. The number of carbonyl (C=O) groups is 1. The SMILES string of the molecule is CCNc1cc(C)ccc1C(=O)NC1CCCCCCC1. The minimum Gasteiger partial charge on any atom is -0.385 e. The smallest absolute Gasteiger partial charge is 0.253 e. The van der Waals surface area contributed by atoms with E-state index in [1.165, 1.54) is 37.7 Å². The van der Waals surface area contributed by atoms with Crippen molar-refractivity contribution < 1.29 is 4.79 Å². The Labute approximate surface area is 128 Å². The quantitative estimate of drug-likeness (QED) is 0.868. The lowest BCUT2D eigenvalue weighted by Gasteiger charge is -2.22. The van der Waals surface area contributed by atoms with Gasteiger partial charge in [-0.05, 0) is 44.4 Å². The van der Waals surface area contributed by atoms with Crippen LogP contribution in [0, 0.1) is 6.92 Å². The zero-order chi connectivity index (χ0) is 15.1. The first kappa shape index (κ1) is 15.9. The van der Waals surface area contributed by atoms with E-state index >= 15 is 0 Å². The second-order valence-corrected chi connectivity index (χ2v) is 6.09. The molecule has 1 aromatic carbocycles. The first-order valence-electron chi connectivity index (χ1n) is 8.36. The highest BCUT2D eigenvalue weighted by molar-refractivity contribution is 5.99. The fourth-order valence-electron chi connectivity index (χ4n) is 3.06. The molecule has 0 saturated heterocycles. The van der Waals surface area contributed by atoms with Gasteiger partial charge in [-0.15, -0.1) is 0 Å². The summed E-state index contributed by atoms with van der Waals surface area (Å²) in [6.07, 6.45) is 8.67. The summed E-state index contributed by atoms with van der Waals surface area (Å²) in [5.41, 5.74) is 2.89. The molecule has 0 heterocycles. The number of rotatable bonds is 4. The van der Waals surface area contributed by atoms with Crippen molar-refractivity contribution in [3.8, 4) is 0 Å². The molecule has 0 bridgehead atoms. The maximum atomic E-state index is 12.6. The van der Waals surface area contributed by atoms with Crippen LogP contribution in [0.2, 0.25) is 0 Å². The summed E-state index contributed by atoms with van der Waals surface area (Å²) in [5.74, 6) is 0.0662. The molecule has 116 valence electrons. The Morgan fingerprint density at radius 1 is 1.14 bits per heavy atom. The average Bonchev–Trinajstić information content (AvgIpc) is 2.42. The Hall–Kier alpha value is -1.51. The van der Waals surface area contributed by atoms with Crippen LogP contribution in [0.5, 0.6) is 0 Å². The van der Waals surface area contributed by atoms with Crippen molar-refractivity contribution in [3.63, 3.8) is 0 Å². The topological polar surface area (TPSA) is 41.1 Å². The third-order valence-electron chi connectivity index (χ3n) is 4.23. The van der Waals surface area contributed by atoms with Crippen molar-refractivity contribution in [1.82, 2.24) is 5.32 Å². The molecule has 0 aromatic heterocycles. The zero-order valence-corrected chi connectivity index (χ0v) is 13.4. The Morgan fingerprint density at radius 3 is 2.48 bits per heavy atom. The van der Waals surface area contributed by atoms with Crippen molar-refractivity contribution in [2.75, 3.05) is 11.9 Å². The summed E-state index contributed by atoms with van der Waals surface area (Å²) in [4.78, 5) is 12.6. The van der Waals surface area contributed by atoms with E-state index in [4.69, 9.17) is 0 Å². The van der Waals surface area contributed by atoms with Crippen LogP contribution in [-0.4, -0.2) is 18.5 Å². The second-order valence-electron chi connectivity index (χ2n) is 6.09. The highest BCUT2D eigenvalue weighted by atomic mass is 16.1. The van der Waals surface area contributed by atoms with Crippen molar-refractivity contribution in [2.24, 2.45) is 0 Å². The number of benzene rings is 1. The van der Waals surface area contributed by atoms with Gasteiger partial charge in [0.15, 0.2) is 0 Å². The van der Waals surface area contributed by atoms with Gasteiger partial charge in [-0.3, -0.25) is 4.79 Å². The molecule has 1 saturated carbocycles. The van der Waals surface area contributed by atoms with Gasteiger partial charge in [-0.2, -0.15) is 0 Å². The van der Waals surface area contributed by atoms with Gasteiger partial charge in [0, 0.05) is 18.3 Å². The van der Waals surface area contributed by atoms with Crippen LogP contribution in [0.1, 0.15) is 67.8 Å². The maximum absolute atomic E-state index is 12.6. The summed E-state index contributed by atoms with van der Waals surface area (Å²) >= 11 is 0. The van der Waals surface area contributed by atoms with Crippen LogP contribution >= 0.6 is 0 Å². The Balaban J connectivity index is 2.04. The molecule has 0 spiro atoms. The monoisotopic (exact) mass is 288 g/mol. The number of hydrogen-bond acceptors (Lipinski definition) is 2. The normalized spacial score (nSPS) is 16.9. The van der Waals surface area contributed by atoms with E-state index in [9.17, 15) is 4.79 Å². The molecule has 0 atom stereocenters. The van der Waals surface area contributed by atoms with E-state index < -0.39 is 0 Å². The summed E-state index contributed by atoms with van der Waals surface area (Å²) in [5, 5.41) is 6.54. The van der Waals surface area contributed by atoms with Crippen LogP contribution in [0.15, 0.2) is 18.2 Å². The highest BCUT2D eigenvalue weighted by Gasteiger charge is 2.17. The molecule has 2 N–H and O–H groups in total. The molecule has 2 rings (SSSR count). The maximum Gasteiger partial charge on any atom is 0.253 e. The van der Waals surface area contributed by atoms with Crippen molar-refractivity contribution in [1.29, 1.82) is 0 Å². The van der Waals surface area contributed by atoms with Gasteiger partial charge in [-0.25, -0.2) is 0 Å². The summed E-state index contributed by atoms with van der Waals surface area (Å²) in [6, 6.07) is 6.34. The molecule has 1 fully saturated rings. The molecular weight excluding hydrogens is 260 g/mol. The van der Waals surface area contributed by atoms with E-state index in [0.717, 1.165) is 30.6 Å². The Morgan fingerprint density at radius 2 is 1.81 bits per heavy atom. The van der Waals surface area contributed by atoms with Crippen molar-refractivity contribution in [2.45, 2.75) is 64.8 Å². The minimum atomic E-state index is 0.0662. The van der Waals surface area contributed by atoms with Crippen LogP contribution in [0.25, 0.3) is 0 Å². The van der Waals surface area contributed by atoms with Gasteiger partial charge in [0.05, 0.1) is 5.56 Å². The first-order chi connectivity index (χ1) is 10.2. The predicted molar refractivity (Wildman–Crippen MR) is 88.9 cm³/mol.